The number of primary amides is 1. The van der Waals surface area contributed by atoms with Gasteiger partial charge in [0.15, 0.2) is 0 Å². The minimum atomic E-state index is -0.621. The van der Waals surface area contributed by atoms with E-state index < -0.39 is 5.41 Å². The maximum absolute atomic E-state index is 11.3. The highest BCUT2D eigenvalue weighted by molar-refractivity contribution is 5.80. The second kappa shape index (κ2) is 5.86. The maximum Gasteiger partial charge on any atom is 0.224 e. The lowest BCUT2D eigenvalue weighted by molar-refractivity contribution is -0.125. The van der Waals surface area contributed by atoms with Crippen molar-refractivity contribution in [2.24, 2.45) is 11.1 Å². The molecule has 6 nitrogen and oxygen atoms in total. The van der Waals surface area contributed by atoms with Gasteiger partial charge in [-0.05, 0) is 34.6 Å². The van der Waals surface area contributed by atoms with Crippen molar-refractivity contribution in [3.8, 4) is 0 Å². The summed E-state index contributed by atoms with van der Waals surface area (Å²) in [6.07, 6.45) is 0. The van der Waals surface area contributed by atoms with Gasteiger partial charge in [-0.25, -0.2) is 9.97 Å². The van der Waals surface area contributed by atoms with Gasteiger partial charge in [-0.1, -0.05) is 0 Å². The Bertz CT molecular complexity index is 470. The Morgan fingerprint density at radius 3 is 2.21 bits per heavy atom. The summed E-state index contributed by atoms with van der Waals surface area (Å²) in [4.78, 5) is 20.0. The lowest BCUT2D eigenvalue weighted by Crippen LogP contribution is -2.37. The average Bonchev–Trinajstić information content (AvgIpc) is 2.31. The number of aryl methyl sites for hydroxylation is 1. The Kier molecular flexibility index (Phi) is 4.69. The summed E-state index contributed by atoms with van der Waals surface area (Å²) in [6, 6.07) is 0. The Morgan fingerprint density at radius 2 is 1.74 bits per heavy atom. The van der Waals surface area contributed by atoms with Gasteiger partial charge in [-0.15, -0.1) is 0 Å². The van der Waals surface area contributed by atoms with E-state index in [1.807, 2.05) is 20.8 Å². The first-order valence-electron chi connectivity index (χ1n) is 6.40. The van der Waals surface area contributed by atoms with Crippen LogP contribution in [0.2, 0.25) is 0 Å². The third-order valence-electron chi connectivity index (χ3n) is 2.97. The lowest BCUT2D eigenvalue weighted by Gasteiger charge is -2.22. The molecular weight excluding hydrogens is 242 g/mol. The van der Waals surface area contributed by atoms with Crippen LogP contribution in [0.5, 0.6) is 0 Å². The van der Waals surface area contributed by atoms with E-state index in [4.69, 9.17) is 5.73 Å². The van der Waals surface area contributed by atoms with Gasteiger partial charge in [-0.3, -0.25) is 4.79 Å². The van der Waals surface area contributed by atoms with Crippen molar-refractivity contribution in [1.29, 1.82) is 0 Å². The topological polar surface area (TPSA) is 92.9 Å². The van der Waals surface area contributed by atoms with Crippen molar-refractivity contribution >= 4 is 17.5 Å². The van der Waals surface area contributed by atoms with Crippen LogP contribution in [0, 0.1) is 19.3 Å². The molecule has 106 valence electrons. The van der Waals surface area contributed by atoms with Crippen molar-refractivity contribution in [2.45, 2.75) is 34.6 Å². The molecule has 0 aromatic carbocycles. The van der Waals surface area contributed by atoms with Gasteiger partial charge in [0.25, 0.3) is 0 Å². The van der Waals surface area contributed by atoms with E-state index >= 15 is 0 Å². The maximum atomic E-state index is 11.3. The number of carbonyl (C=O) groups is 1. The molecule has 0 aliphatic rings. The van der Waals surface area contributed by atoms with E-state index in [1.54, 1.807) is 13.8 Å². The van der Waals surface area contributed by atoms with Gasteiger partial charge >= 0.3 is 0 Å². The molecule has 0 aliphatic heterocycles. The Labute approximate surface area is 114 Å². The summed E-state index contributed by atoms with van der Waals surface area (Å²) in [5.74, 6) is 1.89. The van der Waals surface area contributed by atoms with Crippen LogP contribution in [0.3, 0.4) is 0 Å². The third-order valence-corrected chi connectivity index (χ3v) is 2.97. The summed E-state index contributed by atoms with van der Waals surface area (Å²) in [5.41, 5.74) is 5.67. The summed E-state index contributed by atoms with van der Waals surface area (Å²) in [5, 5.41) is 6.38. The van der Waals surface area contributed by atoms with E-state index in [2.05, 4.69) is 20.6 Å². The number of carbonyl (C=O) groups excluding carboxylic acids is 1. The first kappa shape index (κ1) is 15.2. The van der Waals surface area contributed by atoms with Crippen LogP contribution in [-0.4, -0.2) is 29.0 Å². The van der Waals surface area contributed by atoms with Crippen molar-refractivity contribution in [3.05, 3.63) is 11.4 Å². The number of hydrogen-bond acceptors (Lipinski definition) is 5. The second-order valence-electron chi connectivity index (χ2n) is 5.23. The largest absolute Gasteiger partial charge is 0.370 e. The minimum Gasteiger partial charge on any atom is -0.370 e. The Hall–Kier alpha value is -1.85. The van der Waals surface area contributed by atoms with Gasteiger partial charge in [0.2, 0.25) is 5.91 Å². The summed E-state index contributed by atoms with van der Waals surface area (Å²) in [7, 11) is 0. The first-order chi connectivity index (χ1) is 8.77. The Balaban J connectivity index is 2.92. The molecular formula is C13H23N5O. The van der Waals surface area contributed by atoms with Gasteiger partial charge in [0, 0.05) is 18.7 Å². The molecule has 0 radical (unpaired) electrons. The normalized spacial score (nSPS) is 11.2. The van der Waals surface area contributed by atoms with Crippen molar-refractivity contribution < 1.29 is 4.79 Å². The summed E-state index contributed by atoms with van der Waals surface area (Å²) >= 11 is 0. The molecule has 0 atom stereocenters. The third kappa shape index (κ3) is 3.81. The second-order valence-corrected chi connectivity index (χ2v) is 5.23. The van der Waals surface area contributed by atoms with E-state index in [0.29, 0.717) is 12.4 Å². The lowest BCUT2D eigenvalue weighted by atomic mass is 9.93. The van der Waals surface area contributed by atoms with Gasteiger partial charge in [0.05, 0.1) is 5.41 Å². The standard InChI is InChI=1S/C13H23N5O/c1-6-15-10-8(2)11(18-9(3)17-10)16-7-13(4,5)12(14)19/h6-7H2,1-5H3,(H2,14,19)(H2,15,16,17,18). The SMILES string of the molecule is CCNc1nc(C)nc(NCC(C)(C)C(N)=O)c1C. The molecule has 1 aromatic rings. The van der Waals surface area contributed by atoms with Crippen molar-refractivity contribution in [1.82, 2.24) is 9.97 Å². The van der Waals surface area contributed by atoms with Gasteiger partial charge in [0.1, 0.15) is 17.5 Å². The number of amides is 1. The zero-order chi connectivity index (χ0) is 14.6. The highest BCUT2D eigenvalue weighted by Gasteiger charge is 2.25. The highest BCUT2D eigenvalue weighted by atomic mass is 16.1. The molecule has 0 bridgehead atoms. The predicted molar refractivity (Wildman–Crippen MR) is 77.1 cm³/mol. The first-order valence-corrected chi connectivity index (χ1v) is 6.40. The molecule has 0 fully saturated rings. The zero-order valence-electron chi connectivity index (χ0n) is 12.3. The molecule has 0 saturated carbocycles. The molecule has 0 unspecified atom stereocenters. The van der Waals surface area contributed by atoms with Crippen LogP contribution in [0.25, 0.3) is 0 Å². The van der Waals surface area contributed by atoms with Crippen LogP contribution in [0.1, 0.15) is 32.2 Å². The summed E-state index contributed by atoms with van der Waals surface area (Å²) < 4.78 is 0. The minimum absolute atomic E-state index is 0.338. The fraction of sp³-hybridized carbons (Fsp3) is 0.615. The molecule has 1 amide bonds. The molecule has 1 heterocycles. The molecule has 0 aliphatic carbocycles. The molecule has 19 heavy (non-hydrogen) atoms. The van der Waals surface area contributed by atoms with E-state index in [0.717, 1.165) is 23.7 Å². The number of hydrogen-bond donors (Lipinski definition) is 3. The number of nitrogens with zero attached hydrogens (tertiary/aromatic N) is 2. The van der Waals surface area contributed by atoms with Crippen LogP contribution in [-0.2, 0) is 4.79 Å². The molecule has 0 spiro atoms. The number of aromatic nitrogens is 2. The van der Waals surface area contributed by atoms with Gasteiger partial charge < -0.3 is 16.4 Å². The predicted octanol–water partition coefficient (Wildman–Crippen LogP) is 1.45. The number of nitrogens with one attached hydrogen (secondary N) is 2. The van der Waals surface area contributed by atoms with Gasteiger partial charge in [-0.2, -0.15) is 0 Å². The average molecular weight is 265 g/mol. The fourth-order valence-corrected chi connectivity index (χ4v) is 1.53. The highest BCUT2D eigenvalue weighted by Crippen LogP contribution is 2.22. The quantitative estimate of drug-likeness (QED) is 0.724. The number of nitrogens with two attached hydrogens (primary N) is 1. The molecule has 1 aromatic heterocycles. The number of rotatable bonds is 6. The van der Waals surface area contributed by atoms with Crippen LogP contribution in [0.4, 0.5) is 11.6 Å². The Morgan fingerprint density at radius 1 is 1.21 bits per heavy atom. The fourth-order valence-electron chi connectivity index (χ4n) is 1.53. The zero-order valence-corrected chi connectivity index (χ0v) is 12.3. The molecule has 6 heteroatoms. The van der Waals surface area contributed by atoms with Crippen molar-refractivity contribution in [3.63, 3.8) is 0 Å². The molecule has 4 N–H and O–H groups in total. The van der Waals surface area contributed by atoms with E-state index in [-0.39, 0.29) is 5.91 Å². The van der Waals surface area contributed by atoms with E-state index in [9.17, 15) is 4.79 Å². The molecule has 1 rings (SSSR count). The summed E-state index contributed by atoms with van der Waals surface area (Å²) in [6.45, 7) is 10.6. The van der Waals surface area contributed by atoms with Crippen molar-refractivity contribution in [2.75, 3.05) is 23.7 Å². The smallest absolute Gasteiger partial charge is 0.224 e. The van der Waals surface area contributed by atoms with Crippen LogP contribution >= 0.6 is 0 Å². The van der Waals surface area contributed by atoms with Crippen LogP contribution in [0.15, 0.2) is 0 Å². The number of anilines is 2. The van der Waals surface area contributed by atoms with Crippen LogP contribution < -0.4 is 16.4 Å². The monoisotopic (exact) mass is 265 g/mol. The molecule has 0 saturated heterocycles. The van der Waals surface area contributed by atoms with E-state index in [1.165, 1.54) is 0 Å².